The smallest absolute Gasteiger partial charge is 0.00766 e. The molecule has 1 aliphatic rings. The van der Waals surface area contributed by atoms with Crippen LogP contribution in [0.2, 0.25) is 0 Å². The number of rotatable bonds is 3. The van der Waals surface area contributed by atoms with E-state index in [4.69, 9.17) is 5.73 Å². The van der Waals surface area contributed by atoms with Crippen LogP contribution in [0.15, 0.2) is 24.3 Å². The SMILES string of the molecule is CC(N)C(C)c1ccc(C2CC2)cc1. The van der Waals surface area contributed by atoms with Gasteiger partial charge in [-0.25, -0.2) is 0 Å². The van der Waals surface area contributed by atoms with Gasteiger partial charge in [-0.15, -0.1) is 0 Å². The Balaban J connectivity index is 2.12. The minimum absolute atomic E-state index is 0.238. The summed E-state index contributed by atoms with van der Waals surface area (Å²) in [5, 5.41) is 0. The first-order valence-electron chi connectivity index (χ1n) is 5.54. The monoisotopic (exact) mass is 189 g/mol. The van der Waals surface area contributed by atoms with Crippen LogP contribution in [-0.4, -0.2) is 6.04 Å². The largest absolute Gasteiger partial charge is 0.327 e. The fourth-order valence-corrected chi connectivity index (χ4v) is 1.79. The molecule has 1 aromatic carbocycles. The van der Waals surface area contributed by atoms with E-state index < -0.39 is 0 Å². The summed E-state index contributed by atoms with van der Waals surface area (Å²) in [6.07, 6.45) is 2.75. The molecule has 0 radical (unpaired) electrons. The predicted octanol–water partition coefficient (Wildman–Crippen LogP) is 3.01. The van der Waals surface area contributed by atoms with Crippen molar-refractivity contribution in [1.82, 2.24) is 0 Å². The van der Waals surface area contributed by atoms with Crippen LogP contribution in [0.3, 0.4) is 0 Å². The van der Waals surface area contributed by atoms with Crippen LogP contribution >= 0.6 is 0 Å². The first kappa shape index (κ1) is 9.72. The van der Waals surface area contributed by atoms with Crippen molar-refractivity contribution < 1.29 is 0 Å². The molecule has 0 bridgehead atoms. The van der Waals surface area contributed by atoms with Gasteiger partial charge in [-0.1, -0.05) is 31.2 Å². The zero-order chi connectivity index (χ0) is 10.1. The Morgan fingerprint density at radius 1 is 1.14 bits per heavy atom. The zero-order valence-corrected chi connectivity index (χ0v) is 9.03. The molecule has 0 amide bonds. The topological polar surface area (TPSA) is 26.0 Å². The molecule has 2 N–H and O–H groups in total. The van der Waals surface area contributed by atoms with Gasteiger partial charge in [0, 0.05) is 6.04 Å². The van der Waals surface area contributed by atoms with Gasteiger partial charge in [-0.2, -0.15) is 0 Å². The normalized spacial score (nSPS) is 20.5. The molecule has 76 valence electrons. The van der Waals surface area contributed by atoms with Crippen LogP contribution in [0.4, 0.5) is 0 Å². The van der Waals surface area contributed by atoms with Crippen LogP contribution in [0.1, 0.15) is 49.7 Å². The minimum Gasteiger partial charge on any atom is -0.327 e. The first-order valence-corrected chi connectivity index (χ1v) is 5.54. The van der Waals surface area contributed by atoms with Gasteiger partial charge in [0.1, 0.15) is 0 Å². The lowest BCUT2D eigenvalue weighted by molar-refractivity contribution is 0.613. The summed E-state index contributed by atoms with van der Waals surface area (Å²) in [4.78, 5) is 0. The molecule has 14 heavy (non-hydrogen) atoms. The first-order chi connectivity index (χ1) is 6.68. The maximum atomic E-state index is 5.88. The van der Waals surface area contributed by atoms with Crippen LogP contribution in [0.25, 0.3) is 0 Å². The van der Waals surface area contributed by atoms with Gasteiger partial charge >= 0.3 is 0 Å². The molecular formula is C13H19N. The summed E-state index contributed by atoms with van der Waals surface area (Å²) < 4.78 is 0. The number of nitrogens with two attached hydrogens (primary N) is 1. The van der Waals surface area contributed by atoms with Crippen LogP contribution < -0.4 is 5.73 Å². The predicted molar refractivity (Wildman–Crippen MR) is 60.5 cm³/mol. The third-order valence-electron chi connectivity index (χ3n) is 3.30. The molecule has 0 spiro atoms. The lowest BCUT2D eigenvalue weighted by atomic mass is 9.94. The van der Waals surface area contributed by atoms with E-state index in [-0.39, 0.29) is 6.04 Å². The highest BCUT2D eigenvalue weighted by Crippen LogP contribution is 2.40. The molecule has 0 heterocycles. The molecule has 1 saturated carbocycles. The van der Waals surface area contributed by atoms with Gasteiger partial charge in [-0.3, -0.25) is 0 Å². The third-order valence-corrected chi connectivity index (χ3v) is 3.30. The minimum atomic E-state index is 0.238. The molecule has 1 nitrogen and oxygen atoms in total. The Bertz CT molecular complexity index is 296. The molecule has 0 saturated heterocycles. The number of hydrogen-bond donors (Lipinski definition) is 1. The van der Waals surface area contributed by atoms with Gasteiger partial charge in [0.25, 0.3) is 0 Å². The fraction of sp³-hybridized carbons (Fsp3) is 0.538. The molecular weight excluding hydrogens is 170 g/mol. The van der Waals surface area contributed by atoms with Crippen molar-refractivity contribution in [3.05, 3.63) is 35.4 Å². The van der Waals surface area contributed by atoms with E-state index in [2.05, 4.69) is 38.1 Å². The maximum absolute atomic E-state index is 5.88. The number of hydrogen-bond acceptors (Lipinski definition) is 1. The van der Waals surface area contributed by atoms with Crippen molar-refractivity contribution in [2.45, 2.75) is 44.6 Å². The lowest BCUT2D eigenvalue weighted by Gasteiger charge is -2.16. The van der Waals surface area contributed by atoms with E-state index in [1.165, 1.54) is 24.0 Å². The van der Waals surface area contributed by atoms with Gasteiger partial charge in [0.2, 0.25) is 0 Å². The van der Waals surface area contributed by atoms with Crippen LogP contribution in [0.5, 0.6) is 0 Å². The van der Waals surface area contributed by atoms with Crippen molar-refractivity contribution in [1.29, 1.82) is 0 Å². The quantitative estimate of drug-likeness (QED) is 0.777. The second-order valence-electron chi connectivity index (χ2n) is 4.59. The average Bonchev–Trinajstić information content (AvgIpc) is 3.00. The van der Waals surface area contributed by atoms with E-state index in [0.717, 1.165) is 5.92 Å². The Morgan fingerprint density at radius 3 is 2.14 bits per heavy atom. The number of benzene rings is 1. The Labute approximate surface area is 86.3 Å². The molecule has 0 aromatic heterocycles. The molecule has 1 fully saturated rings. The highest BCUT2D eigenvalue weighted by atomic mass is 14.6. The second kappa shape index (κ2) is 3.74. The fourth-order valence-electron chi connectivity index (χ4n) is 1.79. The van der Waals surface area contributed by atoms with Crippen LogP contribution in [-0.2, 0) is 0 Å². The maximum Gasteiger partial charge on any atom is 0.00766 e. The summed E-state index contributed by atoms with van der Waals surface area (Å²) in [7, 11) is 0. The second-order valence-corrected chi connectivity index (χ2v) is 4.59. The van der Waals surface area contributed by atoms with Crippen molar-refractivity contribution in [2.24, 2.45) is 5.73 Å². The van der Waals surface area contributed by atoms with E-state index in [9.17, 15) is 0 Å². The van der Waals surface area contributed by atoms with Crippen molar-refractivity contribution in [2.75, 3.05) is 0 Å². The van der Waals surface area contributed by atoms with Gasteiger partial charge in [-0.05, 0) is 42.7 Å². The summed E-state index contributed by atoms with van der Waals surface area (Å²) in [6.45, 7) is 4.26. The van der Waals surface area contributed by atoms with E-state index in [1.54, 1.807) is 0 Å². The average molecular weight is 189 g/mol. The van der Waals surface area contributed by atoms with Gasteiger partial charge < -0.3 is 5.73 Å². The molecule has 2 unspecified atom stereocenters. The standard InChI is InChI=1S/C13H19N/c1-9(10(2)14)11-3-5-12(6-4-11)13-7-8-13/h3-6,9-10,13H,7-8,14H2,1-2H3. The van der Waals surface area contributed by atoms with Crippen molar-refractivity contribution in [3.63, 3.8) is 0 Å². The van der Waals surface area contributed by atoms with Gasteiger partial charge in [0.05, 0.1) is 0 Å². The Kier molecular flexibility index (Phi) is 2.60. The molecule has 1 aromatic rings. The summed E-state index contributed by atoms with van der Waals surface area (Å²) in [5.41, 5.74) is 8.75. The highest BCUT2D eigenvalue weighted by Gasteiger charge is 2.23. The van der Waals surface area contributed by atoms with E-state index in [0.29, 0.717) is 5.92 Å². The molecule has 1 aliphatic carbocycles. The summed E-state index contributed by atoms with van der Waals surface area (Å²) >= 11 is 0. The van der Waals surface area contributed by atoms with Gasteiger partial charge in [0.15, 0.2) is 0 Å². The molecule has 2 atom stereocenters. The highest BCUT2D eigenvalue weighted by molar-refractivity contribution is 5.30. The molecule has 1 heteroatoms. The summed E-state index contributed by atoms with van der Waals surface area (Å²) in [5.74, 6) is 1.32. The van der Waals surface area contributed by atoms with Crippen LogP contribution in [0, 0.1) is 0 Å². The zero-order valence-electron chi connectivity index (χ0n) is 9.03. The Hall–Kier alpha value is -0.820. The van der Waals surface area contributed by atoms with Crippen molar-refractivity contribution in [3.8, 4) is 0 Å². The van der Waals surface area contributed by atoms with E-state index >= 15 is 0 Å². The molecule has 0 aliphatic heterocycles. The lowest BCUT2D eigenvalue weighted by Crippen LogP contribution is -2.22. The summed E-state index contributed by atoms with van der Waals surface area (Å²) in [6, 6.07) is 9.25. The van der Waals surface area contributed by atoms with E-state index in [1.807, 2.05) is 0 Å². The third kappa shape index (κ3) is 1.98. The molecule has 2 rings (SSSR count). The Morgan fingerprint density at radius 2 is 1.71 bits per heavy atom. The van der Waals surface area contributed by atoms with Crippen molar-refractivity contribution >= 4 is 0 Å².